The van der Waals surface area contributed by atoms with Gasteiger partial charge in [0.05, 0.1) is 12.2 Å². The first-order chi connectivity index (χ1) is 6.08. The van der Waals surface area contributed by atoms with Gasteiger partial charge < -0.3 is 4.74 Å². The molecule has 1 saturated heterocycles. The van der Waals surface area contributed by atoms with E-state index in [0.29, 0.717) is 12.2 Å². The van der Waals surface area contributed by atoms with Crippen LogP contribution in [0, 0.1) is 0 Å². The van der Waals surface area contributed by atoms with Gasteiger partial charge in [0.2, 0.25) is 0 Å². The first-order valence-electron chi connectivity index (χ1n) is 4.79. The van der Waals surface area contributed by atoms with Crippen LogP contribution in [0.3, 0.4) is 0 Å². The van der Waals surface area contributed by atoms with Crippen LogP contribution in [0.25, 0.3) is 0 Å². The molecule has 0 aromatic carbocycles. The molecule has 0 aromatic rings. The number of ether oxygens (including phenoxy) is 1. The Morgan fingerprint density at radius 1 is 1.54 bits per heavy atom. The molecule has 0 saturated carbocycles. The number of nitrogens with zero attached hydrogens (tertiary/aromatic N) is 1. The summed E-state index contributed by atoms with van der Waals surface area (Å²) in [6.07, 6.45) is 1.85. The van der Waals surface area contributed by atoms with E-state index in [1.807, 2.05) is 0 Å². The number of halogens is 1. The van der Waals surface area contributed by atoms with Gasteiger partial charge in [-0.15, -0.1) is 0 Å². The lowest BCUT2D eigenvalue weighted by Crippen LogP contribution is -2.31. The lowest BCUT2D eigenvalue weighted by atomic mass is 10.3. The van der Waals surface area contributed by atoms with E-state index < -0.39 is 0 Å². The van der Waals surface area contributed by atoms with E-state index in [0.717, 1.165) is 30.5 Å². The van der Waals surface area contributed by atoms with Gasteiger partial charge in [0.25, 0.3) is 0 Å². The third kappa shape index (κ3) is 4.25. The number of hydrogen-bond acceptors (Lipinski definition) is 2. The van der Waals surface area contributed by atoms with Crippen LogP contribution < -0.4 is 0 Å². The van der Waals surface area contributed by atoms with Gasteiger partial charge in [0.1, 0.15) is 0 Å². The molecule has 2 nitrogen and oxygen atoms in total. The third-order valence-corrected chi connectivity index (χ3v) is 2.48. The Balaban J connectivity index is 2.43. The minimum Gasteiger partial charge on any atom is -0.374 e. The zero-order chi connectivity index (χ0) is 9.84. The molecule has 2 unspecified atom stereocenters. The fourth-order valence-electron chi connectivity index (χ4n) is 1.71. The van der Waals surface area contributed by atoms with E-state index in [9.17, 15) is 0 Å². The molecule has 1 heterocycles. The molecule has 0 aliphatic carbocycles. The second-order valence-corrected chi connectivity index (χ2v) is 4.92. The van der Waals surface area contributed by atoms with Crippen LogP contribution in [-0.2, 0) is 4.74 Å². The lowest BCUT2D eigenvalue weighted by Gasteiger charge is -2.20. The maximum atomic E-state index is 5.74. The summed E-state index contributed by atoms with van der Waals surface area (Å²) in [6.45, 7) is 11.2. The van der Waals surface area contributed by atoms with Crippen molar-refractivity contribution in [3.05, 3.63) is 11.1 Å². The maximum Gasteiger partial charge on any atom is 0.0677 e. The summed E-state index contributed by atoms with van der Waals surface area (Å²) < 4.78 is 6.79. The predicted molar refractivity (Wildman–Crippen MR) is 59.1 cm³/mol. The van der Waals surface area contributed by atoms with Gasteiger partial charge in [-0.3, -0.25) is 4.90 Å². The molecule has 1 fully saturated rings. The van der Waals surface area contributed by atoms with E-state index in [1.54, 1.807) is 0 Å². The topological polar surface area (TPSA) is 12.5 Å². The summed E-state index contributed by atoms with van der Waals surface area (Å²) >= 11 is 3.39. The van der Waals surface area contributed by atoms with Crippen LogP contribution in [-0.4, -0.2) is 36.7 Å². The molecule has 0 bridgehead atoms. The van der Waals surface area contributed by atoms with E-state index in [1.165, 1.54) is 0 Å². The second-order valence-electron chi connectivity index (χ2n) is 3.80. The van der Waals surface area contributed by atoms with E-state index in [-0.39, 0.29) is 0 Å². The second kappa shape index (κ2) is 5.13. The monoisotopic (exact) mass is 247 g/mol. The average molecular weight is 248 g/mol. The lowest BCUT2D eigenvalue weighted by molar-refractivity contribution is 0.0148. The van der Waals surface area contributed by atoms with Crippen LogP contribution in [0.4, 0.5) is 0 Å². The molecule has 0 N–H and O–H groups in total. The Morgan fingerprint density at radius 2 is 2.23 bits per heavy atom. The van der Waals surface area contributed by atoms with Crippen LogP contribution in [0.1, 0.15) is 20.3 Å². The molecule has 3 heteroatoms. The molecule has 13 heavy (non-hydrogen) atoms. The fraction of sp³-hybridized carbons (Fsp3) is 0.800. The minimum absolute atomic E-state index is 0.337. The highest BCUT2D eigenvalue weighted by Crippen LogP contribution is 2.13. The molecular formula is C10H18BrNO. The van der Waals surface area contributed by atoms with Crippen molar-refractivity contribution in [2.24, 2.45) is 0 Å². The average Bonchev–Trinajstić information content (AvgIpc) is 2.11. The standard InChI is InChI=1S/C10H18BrNO/c1-8(11)6-12-5-4-9(2)13-10(3)7-12/h9-10H,1,4-7H2,2-3H3. The van der Waals surface area contributed by atoms with Crippen molar-refractivity contribution in [3.8, 4) is 0 Å². The summed E-state index contributed by atoms with van der Waals surface area (Å²) in [7, 11) is 0. The summed E-state index contributed by atoms with van der Waals surface area (Å²) in [6, 6.07) is 0. The van der Waals surface area contributed by atoms with Gasteiger partial charge in [-0.2, -0.15) is 0 Å². The molecule has 1 aliphatic heterocycles. The summed E-state index contributed by atoms with van der Waals surface area (Å²) in [5, 5.41) is 0. The SMILES string of the molecule is C=C(Br)CN1CCC(C)OC(C)C1. The molecule has 0 amide bonds. The van der Waals surface area contributed by atoms with E-state index in [4.69, 9.17) is 4.74 Å². The molecule has 1 aliphatic rings. The molecule has 76 valence electrons. The quantitative estimate of drug-likeness (QED) is 0.744. The van der Waals surface area contributed by atoms with Crippen LogP contribution in [0.15, 0.2) is 11.1 Å². The zero-order valence-corrected chi connectivity index (χ0v) is 10.0. The van der Waals surface area contributed by atoms with Crippen molar-refractivity contribution in [2.45, 2.75) is 32.5 Å². The third-order valence-electron chi connectivity index (χ3n) is 2.23. The molecule has 0 aromatic heterocycles. The highest BCUT2D eigenvalue weighted by atomic mass is 79.9. The van der Waals surface area contributed by atoms with Crippen molar-refractivity contribution in [3.63, 3.8) is 0 Å². The maximum absolute atomic E-state index is 5.74. The van der Waals surface area contributed by atoms with Crippen LogP contribution in [0.2, 0.25) is 0 Å². The fourth-order valence-corrected chi connectivity index (χ4v) is 2.07. The summed E-state index contributed by atoms with van der Waals surface area (Å²) in [5.74, 6) is 0. The van der Waals surface area contributed by atoms with Crippen molar-refractivity contribution in [2.75, 3.05) is 19.6 Å². The van der Waals surface area contributed by atoms with Crippen molar-refractivity contribution in [1.29, 1.82) is 0 Å². The Labute approximate surface area is 89.1 Å². The zero-order valence-electron chi connectivity index (χ0n) is 8.42. The van der Waals surface area contributed by atoms with Gasteiger partial charge in [0.15, 0.2) is 0 Å². The van der Waals surface area contributed by atoms with Gasteiger partial charge in [-0.1, -0.05) is 22.5 Å². The van der Waals surface area contributed by atoms with Crippen LogP contribution in [0.5, 0.6) is 0 Å². The Kier molecular flexibility index (Phi) is 4.42. The predicted octanol–water partition coefficient (Wildman–Crippen LogP) is 2.39. The summed E-state index contributed by atoms with van der Waals surface area (Å²) in [4.78, 5) is 2.38. The van der Waals surface area contributed by atoms with Crippen molar-refractivity contribution < 1.29 is 4.74 Å². The van der Waals surface area contributed by atoms with Gasteiger partial charge >= 0.3 is 0 Å². The summed E-state index contributed by atoms with van der Waals surface area (Å²) in [5.41, 5.74) is 0. The van der Waals surface area contributed by atoms with Crippen molar-refractivity contribution in [1.82, 2.24) is 4.90 Å². The minimum atomic E-state index is 0.337. The molecule has 0 spiro atoms. The molecule has 1 rings (SSSR count). The Morgan fingerprint density at radius 3 is 2.85 bits per heavy atom. The van der Waals surface area contributed by atoms with Crippen molar-refractivity contribution >= 4 is 15.9 Å². The smallest absolute Gasteiger partial charge is 0.0677 e. The largest absolute Gasteiger partial charge is 0.374 e. The first kappa shape index (κ1) is 11.2. The first-order valence-corrected chi connectivity index (χ1v) is 5.58. The molecular weight excluding hydrogens is 230 g/mol. The molecule has 0 radical (unpaired) electrons. The van der Waals surface area contributed by atoms with Gasteiger partial charge in [-0.25, -0.2) is 0 Å². The normalized spacial score (nSPS) is 31.3. The van der Waals surface area contributed by atoms with E-state index in [2.05, 4.69) is 41.3 Å². The molecule has 2 atom stereocenters. The van der Waals surface area contributed by atoms with E-state index >= 15 is 0 Å². The number of rotatable bonds is 2. The number of hydrogen-bond donors (Lipinski definition) is 0. The van der Waals surface area contributed by atoms with Crippen LogP contribution >= 0.6 is 15.9 Å². The highest BCUT2D eigenvalue weighted by molar-refractivity contribution is 9.11. The van der Waals surface area contributed by atoms with Gasteiger partial charge in [-0.05, 0) is 20.3 Å². The van der Waals surface area contributed by atoms with Gasteiger partial charge in [0, 0.05) is 24.1 Å². The Hall–Kier alpha value is 0.140. The highest BCUT2D eigenvalue weighted by Gasteiger charge is 2.18. The Bertz CT molecular complexity index is 184.